The molecular weight excluding hydrogens is 388 g/mol. The van der Waals surface area contributed by atoms with Crippen molar-refractivity contribution in [2.45, 2.75) is 32.2 Å². The minimum Gasteiger partial charge on any atom is -0.466 e. The molecule has 0 aliphatic carbocycles. The summed E-state index contributed by atoms with van der Waals surface area (Å²) < 4.78 is 33.0. The zero-order valence-electron chi connectivity index (χ0n) is 15.7. The van der Waals surface area contributed by atoms with Gasteiger partial charge in [0.25, 0.3) is 0 Å². The van der Waals surface area contributed by atoms with Crippen LogP contribution in [-0.2, 0) is 16.0 Å². The second-order valence-electron chi connectivity index (χ2n) is 7.29. The van der Waals surface area contributed by atoms with Gasteiger partial charge in [-0.1, -0.05) is 6.07 Å². The number of esters is 1. The summed E-state index contributed by atoms with van der Waals surface area (Å²) in [5.41, 5.74) is -0.384. The van der Waals surface area contributed by atoms with Crippen LogP contribution in [-0.4, -0.2) is 59.6 Å². The van der Waals surface area contributed by atoms with Gasteiger partial charge in [0.2, 0.25) is 0 Å². The first-order valence-electron chi connectivity index (χ1n) is 9.55. The van der Waals surface area contributed by atoms with Crippen molar-refractivity contribution >= 4 is 29.5 Å². The average Bonchev–Trinajstić information content (AvgIpc) is 2.94. The van der Waals surface area contributed by atoms with Crippen LogP contribution in [0.4, 0.5) is 8.78 Å². The average molecular weight is 416 g/mol. The van der Waals surface area contributed by atoms with Crippen molar-refractivity contribution < 1.29 is 18.3 Å². The number of carbonyl (C=O) groups excluding carboxylic acids is 1. The van der Waals surface area contributed by atoms with E-state index in [1.165, 1.54) is 23.6 Å². The number of rotatable bonds is 5. The predicted molar refractivity (Wildman–Crippen MR) is 108 cm³/mol. The molecule has 0 N–H and O–H groups in total. The highest BCUT2D eigenvalue weighted by atomic mass is 32.2. The summed E-state index contributed by atoms with van der Waals surface area (Å²) in [5, 5.41) is 0. The molecule has 0 bridgehead atoms. The van der Waals surface area contributed by atoms with Crippen LogP contribution in [0.2, 0.25) is 0 Å². The molecule has 2 heterocycles. The number of thioether (sulfide) groups is 2. The van der Waals surface area contributed by atoms with E-state index < -0.39 is 17.0 Å². The first-order valence-corrected chi connectivity index (χ1v) is 11.9. The number of ether oxygens (including phenoxy) is 1. The summed E-state index contributed by atoms with van der Waals surface area (Å²) in [7, 11) is 0. The third-order valence-electron chi connectivity index (χ3n) is 5.37. The molecule has 2 saturated heterocycles. The highest BCUT2D eigenvalue weighted by molar-refractivity contribution is 8.03. The van der Waals surface area contributed by atoms with Gasteiger partial charge in [0.15, 0.2) is 0 Å². The molecule has 0 saturated carbocycles. The summed E-state index contributed by atoms with van der Waals surface area (Å²) in [5.74, 6) is 3.02. The van der Waals surface area contributed by atoms with Crippen LogP contribution in [0.5, 0.6) is 0 Å². The predicted octanol–water partition coefficient (Wildman–Crippen LogP) is 4.00. The van der Waals surface area contributed by atoms with Crippen LogP contribution in [0, 0.1) is 17.0 Å². The van der Waals surface area contributed by atoms with Crippen molar-refractivity contribution in [3.05, 3.63) is 35.4 Å². The van der Waals surface area contributed by atoms with Crippen molar-refractivity contribution in [2.75, 3.05) is 42.7 Å². The van der Waals surface area contributed by atoms with Gasteiger partial charge in [0.05, 0.1) is 12.0 Å². The maximum atomic E-state index is 14.3. The summed E-state index contributed by atoms with van der Waals surface area (Å²) in [6, 6.07) is 4.04. The molecule has 0 aromatic heterocycles. The molecule has 2 fully saturated rings. The van der Waals surface area contributed by atoms with Crippen LogP contribution in [0.3, 0.4) is 0 Å². The molecule has 2 aliphatic heterocycles. The number of carbonyl (C=O) groups is 1. The summed E-state index contributed by atoms with van der Waals surface area (Å²) in [6.07, 6.45) is 1.81. The normalized spacial score (nSPS) is 25.1. The van der Waals surface area contributed by atoms with Gasteiger partial charge >= 0.3 is 5.97 Å². The van der Waals surface area contributed by atoms with Crippen molar-refractivity contribution in [1.29, 1.82) is 0 Å². The van der Waals surface area contributed by atoms with Crippen molar-refractivity contribution in [3.8, 4) is 0 Å². The molecule has 1 aromatic carbocycles. The Morgan fingerprint density at radius 3 is 2.70 bits per heavy atom. The SMILES string of the molecule is CCOC(=O)[C@]1(Cc2ccc(F)cc2F)CCCN(C2CSCCSC2)C1. The van der Waals surface area contributed by atoms with Crippen LogP contribution < -0.4 is 0 Å². The number of piperidine rings is 1. The zero-order chi connectivity index (χ0) is 19.3. The van der Waals surface area contributed by atoms with Gasteiger partial charge < -0.3 is 4.74 Å². The molecule has 0 radical (unpaired) electrons. The molecule has 1 atom stereocenters. The number of benzene rings is 1. The molecule has 3 nitrogen and oxygen atoms in total. The summed E-state index contributed by atoms with van der Waals surface area (Å²) in [6.45, 7) is 3.64. The highest BCUT2D eigenvalue weighted by Crippen LogP contribution is 2.38. The van der Waals surface area contributed by atoms with Crippen LogP contribution in [0.1, 0.15) is 25.3 Å². The highest BCUT2D eigenvalue weighted by Gasteiger charge is 2.45. The molecule has 3 rings (SSSR count). The Morgan fingerprint density at radius 2 is 2.04 bits per heavy atom. The first-order chi connectivity index (χ1) is 13.0. The van der Waals surface area contributed by atoms with E-state index in [9.17, 15) is 13.6 Å². The fraction of sp³-hybridized carbons (Fsp3) is 0.650. The van der Waals surface area contributed by atoms with E-state index in [0.717, 1.165) is 30.5 Å². The lowest BCUT2D eigenvalue weighted by Gasteiger charge is -2.44. The summed E-state index contributed by atoms with van der Waals surface area (Å²) >= 11 is 3.93. The third-order valence-corrected chi connectivity index (χ3v) is 7.85. The van der Waals surface area contributed by atoms with Crippen molar-refractivity contribution in [3.63, 3.8) is 0 Å². The molecule has 7 heteroatoms. The monoisotopic (exact) mass is 415 g/mol. The van der Waals surface area contributed by atoms with Crippen molar-refractivity contribution in [2.24, 2.45) is 5.41 Å². The van der Waals surface area contributed by atoms with E-state index in [4.69, 9.17) is 4.74 Å². The van der Waals surface area contributed by atoms with Crippen LogP contribution in [0.15, 0.2) is 18.2 Å². The molecular formula is C20H27F2NO2S2. The third kappa shape index (κ3) is 5.18. The Bertz CT molecular complexity index is 653. The van der Waals surface area contributed by atoms with E-state index in [1.54, 1.807) is 6.92 Å². The molecule has 0 spiro atoms. The van der Waals surface area contributed by atoms with Gasteiger partial charge in [-0.3, -0.25) is 9.69 Å². The molecule has 1 aromatic rings. The smallest absolute Gasteiger partial charge is 0.313 e. The maximum Gasteiger partial charge on any atom is 0.313 e. The van der Waals surface area contributed by atoms with Gasteiger partial charge in [0.1, 0.15) is 11.6 Å². The Labute approximate surface area is 168 Å². The van der Waals surface area contributed by atoms with E-state index in [-0.39, 0.29) is 12.4 Å². The fourth-order valence-electron chi connectivity index (χ4n) is 3.99. The minimum atomic E-state index is -0.769. The fourth-order valence-corrected chi connectivity index (χ4v) is 6.62. The Kier molecular flexibility index (Phi) is 7.45. The van der Waals surface area contributed by atoms with E-state index >= 15 is 0 Å². The van der Waals surface area contributed by atoms with Crippen LogP contribution in [0.25, 0.3) is 0 Å². The molecule has 2 aliphatic rings. The van der Waals surface area contributed by atoms with E-state index in [2.05, 4.69) is 4.90 Å². The number of hydrogen-bond acceptors (Lipinski definition) is 5. The van der Waals surface area contributed by atoms with Crippen molar-refractivity contribution in [1.82, 2.24) is 4.90 Å². The second kappa shape index (κ2) is 9.61. The van der Waals surface area contributed by atoms with Gasteiger partial charge in [0, 0.05) is 41.7 Å². The summed E-state index contributed by atoms with van der Waals surface area (Å²) in [4.78, 5) is 15.3. The van der Waals surface area contributed by atoms with E-state index in [0.29, 0.717) is 31.2 Å². The van der Waals surface area contributed by atoms with E-state index in [1.807, 2.05) is 23.5 Å². The lowest BCUT2D eigenvalue weighted by atomic mass is 9.74. The number of halogens is 2. The number of hydrogen-bond donors (Lipinski definition) is 0. The van der Waals surface area contributed by atoms with Gasteiger partial charge in [-0.15, -0.1) is 0 Å². The number of likely N-dealkylation sites (tertiary alicyclic amines) is 1. The zero-order valence-corrected chi connectivity index (χ0v) is 17.3. The minimum absolute atomic E-state index is 0.251. The molecule has 0 amide bonds. The Balaban J connectivity index is 1.84. The Hall–Kier alpha value is -0.790. The topological polar surface area (TPSA) is 29.5 Å². The molecule has 0 unspecified atom stereocenters. The quantitative estimate of drug-likeness (QED) is 0.678. The van der Waals surface area contributed by atoms with Gasteiger partial charge in [-0.05, 0) is 44.4 Å². The number of nitrogens with zero attached hydrogens (tertiary/aromatic N) is 1. The lowest BCUT2D eigenvalue weighted by molar-refractivity contribution is -0.159. The van der Waals surface area contributed by atoms with Gasteiger partial charge in [-0.25, -0.2) is 8.78 Å². The maximum absolute atomic E-state index is 14.3. The molecule has 150 valence electrons. The van der Waals surface area contributed by atoms with Crippen LogP contribution >= 0.6 is 23.5 Å². The standard InChI is InChI=1S/C20H27F2NO2S2/c1-2-25-19(24)20(11-15-4-5-16(21)10-18(15)22)6-3-7-23(14-20)17-12-26-8-9-27-13-17/h4-5,10,17H,2-3,6-9,11-14H2,1H3/t20-/m0/s1. The second-order valence-corrected chi connectivity index (χ2v) is 9.59. The first kappa shape index (κ1) is 20.9. The van der Waals surface area contributed by atoms with Gasteiger partial charge in [-0.2, -0.15) is 23.5 Å². The largest absolute Gasteiger partial charge is 0.466 e. The molecule has 27 heavy (non-hydrogen) atoms. The Morgan fingerprint density at radius 1 is 1.30 bits per heavy atom. The lowest BCUT2D eigenvalue weighted by Crippen LogP contribution is -2.54.